The number of nitrogens with zero attached hydrogens (tertiary/aromatic N) is 3. The lowest BCUT2D eigenvalue weighted by atomic mass is 10.1. The zero-order chi connectivity index (χ0) is 18.2. The van der Waals surface area contributed by atoms with Gasteiger partial charge in [-0.3, -0.25) is 9.79 Å². The summed E-state index contributed by atoms with van der Waals surface area (Å²) >= 11 is 0. The second-order valence-corrected chi connectivity index (χ2v) is 5.84. The fraction of sp³-hybridized carbons (Fsp3) is 0.316. The molecular formula is C19H25N4O2. The number of hydrogen-bond donors (Lipinski definition) is 1. The number of nitrogens with one attached hydrogen (secondary N) is 1. The quantitative estimate of drug-likeness (QED) is 0.272. The molecule has 2 rings (SSSR count). The summed E-state index contributed by atoms with van der Waals surface area (Å²) in [6.45, 7) is 9.35. The second kappa shape index (κ2) is 8.69. The van der Waals surface area contributed by atoms with Gasteiger partial charge in [-0.2, -0.15) is 5.26 Å². The number of ether oxygens (including phenoxy) is 1. The Kier molecular flexibility index (Phi) is 6.35. The number of rotatable bonds is 7. The Morgan fingerprint density at radius 1 is 1.68 bits per heavy atom. The molecule has 1 aliphatic rings. The van der Waals surface area contributed by atoms with Gasteiger partial charge in [0.25, 0.3) is 5.91 Å². The number of likely N-dealkylation sites (tertiary alicyclic amines) is 1. The van der Waals surface area contributed by atoms with Gasteiger partial charge in [-0.1, -0.05) is 18.7 Å². The molecule has 1 heterocycles. The average Bonchev–Trinajstić information content (AvgIpc) is 3.12. The molecule has 0 saturated carbocycles. The Balaban J connectivity index is 0.00000338. The maximum absolute atomic E-state index is 12.6. The molecule has 6 nitrogen and oxygen atoms in total. The van der Waals surface area contributed by atoms with E-state index in [4.69, 9.17) is 10.00 Å². The molecule has 0 spiro atoms. The van der Waals surface area contributed by atoms with Gasteiger partial charge in [0, 0.05) is 33.6 Å². The largest absolute Gasteiger partial charge is 0.497 e. The third-order valence-corrected chi connectivity index (χ3v) is 4.16. The van der Waals surface area contributed by atoms with Crippen LogP contribution in [0.25, 0.3) is 5.70 Å². The molecule has 1 atom stereocenters. The van der Waals surface area contributed by atoms with E-state index in [1.807, 2.05) is 30.5 Å². The molecule has 1 aromatic carbocycles. The predicted molar refractivity (Wildman–Crippen MR) is 101 cm³/mol. The van der Waals surface area contributed by atoms with E-state index in [0.29, 0.717) is 36.7 Å². The van der Waals surface area contributed by atoms with E-state index >= 15 is 0 Å². The molecule has 6 heteroatoms. The van der Waals surface area contributed by atoms with Crippen LogP contribution in [0.3, 0.4) is 0 Å². The van der Waals surface area contributed by atoms with Gasteiger partial charge in [-0.15, -0.1) is 0 Å². The molecule has 1 saturated heterocycles. The van der Waals surface area contributed by atoms with E-state index < -0.39 is 0 Å². The Labute approximate surface area is 151 Å². The number of methoxy groups -OCH3 is 1. The lowest BCUT2D eigenvalue weighted by molar-refractivity contribution is -0.125. The van der Waals surface area contributed by atoms with Crippen LogP contribution in [0, 0.1) is 17.4 Å². The van der Waals surface area contributed by atoms with E-state index in [0.717, 1.165) is 12.0 Å². The molecule has 1 fully saturated rings. The van der Waals surface area contributed by atoms with Crippen molar-refractivity contribution < 1.29 is 12.4 Å². The van der Waals surface area contributed by atoms with Crippen molar-refractivity contribution >= 4 is 18.3 Å². The van der Waals surface area contributed by atoms with Crippen LogP contribution in [-0.4, -0.2) is 44.3 Å². The van der Waals surface area contributed by atoms with Crippen molar-refractivity contribution in [2.24, 2.45) is 10.9 Å². The first-order valence-corrected chi connectivity index (χ1v) is 8.02. The third-order valence-electron chi connectivity index (χ3n) is 4.16. The Hall–Kier alpha value is -3.07. The summed E-state index contributed by atoms with van der Waals surface area (Å²) < 4.78 is 5.21. The van der Waals surface area contributed by atoms with Gasteiger partial charge >= 0.3 is 0 Å². The van der Waals surface area contributed by atoms with Crippen molar-refractivity contribution in [2.45, 2.75) is 6.42 Å². The molecule has 1 aliphatic heterocycles. The van der Waals surface area contributed by atoms with Crippen molar-refractivity contribution in [1.29, 1.82) is 5.26 Å². The average molecular weight is 341 g/mol. The lowest BCUT2D eigenvalue weighted by Gasteiger charge is -2.17. The van der Waals surface area contributed by atoms with Crippen LogP contribution in [0.2, 0.25) is 0 Å². The summed E-state index contributed by atoms with van der Waals surface area (Å²) in [5.41, 5.74) is 1.74. The highest BCUT2D eigenvalue weighted by atomic mass is 16.5. The summed E-state index contributed by atoms with van der Waals surface area (Å²) in [6, 6.07) is 7.40. The smallest absolute Gasteiger partial charge is 0.253 e. The topological polar surface area (TPSA) is 77.7 Å². The molecule has 0 aromatic heterocycles. The molecular weight excluding hydrogens is 316 g/mol. The van der Waals surface area contributed by atoms with Crippen LogP contribution in [0.4, 0.5) is 0 Å². The first-order chi connectivity index (χ1) is 12.1. The fourth-order valence-corrected chi connectivity index (χ4v) is 2.81. The van der Waals surface area contributed by atoms with Crippen LogP contribution < -0.4 is 10.1 Å². The van der Waals surface area contributed by atoms with Crippen molar-refractivity contribution in [3.63, 3.8) is 0 Å². The van der Waals surface area contributed by atoms with E-state index in [1.165, 1.54) is 0 Å². The number of carbonyl (C=O) groups excluding carboxylic acids is 1. The zero-order valence-corrected chi connectivity index (χ0v) is 14.4. The van der Waals surface area contributed by atoms with Crippen LogP contribution >= 0.6 is 0 Å². The molecule has 25 heavy (non-hydrogen) atoms. The highest BCUT2D eigenvalue weighted by Gasteiger charge is 2.26. The predicted octanol–water partition coefficient (Wildman–Crippen LogP) is 2.57. The van der Waals surface area contributed by atoms with E-state index in [1.54, 1.807) is 18.1 Å². The van der Waals surface area contributed by atoms with Crippen molar-refractivity contribution in [3.8, 4) is 11.9 Å². The number of amides is 1. The number of aliphatic imine (C=N–C) groups is 1. The SMILES string of the molecule is C=N/C(=C\C(=C)C(=O)N1CC[C@H](CNC#N)C1)c1cccc(OC)c1.[HH].[H]. The Morgan fingerprint density at radius 3 is 3.16 bits per heavy atom. The highest BCUT2D eigenvalue weighted by Crippen LogP contribution is 2.23. The minimum atomic E-state index is -0.122. The normalized spacial score (nSPS) is 16.9. The minimum Gasteiger partial charge on any atom is -0.497 e. The number of hydrogen-bond acceptors (Lipinski definition) is 5. The molecule has 0 bridgehead atoms. The third kappa shape index (κ3) is 4.70. The first-order valence-electron chi connectivity index (χ1n) is 8.02. The maximum atomic E-state index is 12.6. The van der Waals surface area contributed by atoms with Crippen LogP contribution in [-0.2, 0) is 4.79 Å². The van der Waals surface area contributed by atoms with Gasteiger partial charge in [0.1, 0.15) is 5.75 Å². The van der Waals surface area contributed by atoms with Gasteiger partial charge in [0.05, 0.1) is 12.8 Å². The minimum absolute atomic E-state index is 0. The molecule has 133 valence electrons. The molecule has 0 aliphatic carbocycles. The molecule has 0 unspecified atom stereocenters. The van der Waals surface area contributed by atoms with Gasteiger partial charge in [0.2, 0.25) is 0 Å². The lowest BCUT2D eigenvalue weighted by Crippen LogP contribution is -2.30. The summed E-state index contributed by atoms with van der Waals surface area (Å²) in [4.78, 5) is 18.4. The zero-order valence-electron chi connectivity index (χ0n) is 15.4. The highest BCUT2D eigenvalue weighted by molar-refractivity contribution is 5.97. The van der Waals surface area contributed by atoms with Crippen LogP contribution in [0.5, 0.6) is 5.75 Å². The van der Waals surface area contributed by atoms with Crippen molar-refractivity contribution in [2.75, 3.05) is 26.7 Å². The molecule has 1 radical (unpaired) electrons. The van der Waals surface area contributed by atoms with Gasteiger partial charge in [-0.25, -0.2) is 0 Å². The van der Waals surface area contributed by atoms with Crippen molar-refractivity contribution in [1.82, 2.24) is 10.2 Å². The summed E-state index contributed by atoms with van der Waals surface area (Å²) in [7, 11) is 1.59. The van der Waals surface area contributed by atoms with E-state index in [9.17, 15) is 4.79 Å². The number of carbonyl (C=O) groups is 1. The van der Waals surface area contributed by atoms with Gasteiger partial charge in [0.15, 0.2) is 6.19 Å². The summed E-state index contributed by atoms with van der Waals surface area (Å²) in [5, 5.41) is 11.2. The standard InChI is InChI=1S/C19H22N4O2.H2.H/c1-14(19(24)23-8-7-15(12-23)11-22-13-20)9-18(21-2)16-5-4-6-17(10-16)25-3;;/h4-6,9-10,15,22H,1-2,7-8,11-12H2,3H3;1H;/b18-9-;;/t15-;;/m1../s1. The number of benzene rings is 1. The van der Waals surface area contributed by atoms with E-state index in [-0.39, 0.29) is 14.7 Å². The Bertz CT molecular complexity index is 743. The van der Waals surface area contributed by atoms with Gasteiger partial charge < -0.3 is 15.0 Å². The summed E-state index contributed by atoms with van der Waals surface area (Å²) in [5.74, 6) is 0.871. The summed E-state index contributed by atoms with van der Waals surface area (Å²) in [6.07, 6.45) is 4.43. The van der Waals surface area contributed by atoms with E-state index in [2.05, 4.69) is 23.6 Å². The van der Waals surface area contributed by atoms with Gasteiger partial charge in [-0.05, 0) is 37.3 Å². The molecule has 1 aromatic rings. The van der Waals surface area contributed by atoms with Crippen molar-refractivity contribution in [3.05, 3.63) is 48.1 Å². The fourth-order valence-electron chi connectivity index (χ4n) is 2.81. The Morgan fingerprint density at radius 2 is 2.48 bits per heavy atom. The molecule has 1 N–H and O–H groups in total. The second-order valence-electron chi connectivity index (χ2n) is 5.84. The van der Waals surface area contributed by atoms with Crippen LogP contribution in [0.15, 0.2) is 47.5 Å². The van der Waals surface area contributed by atoms with Crippen LogP contribution in [0.1, 0.15) is 14.8 Å². The first kappa shape index (κ1) is 18.3. The maximum Gasteiger partial charge on any atom is 0.253 e. The molecule has 1 amide bonds. The number of nitriles is 1. The monoisotopic (exact) mass is 341 g/mol.